The molecule has 0 saturated carbocycles. The Morgan fingerprint density at radius 2 is 1.74 bits per heavy atom. The molecule has 6 aromatic rings. The van der Waals surface area contributed by atoms with Gasteiger partial charge in [0.15, 0.2) is 0 Å². The van der Waals surface area contributed by atoms with Gasteiger partial charge in [0.2, 0.25) is 0 Å². The number of aromatic nitrogens is 3. The molecule has 5 nitrogen and oxygen atoms in total. The molecule has 1 aliphatic carbocycles. The molecule has 3 aromatic heterocycles. The molecule has 3 aromatic carbocycles. The van der Waals surface area contributed by atoms with Gasteiger partial charge in [-0.1, -0.05) is 105 Å². The van der Waals surface area contributed by atoms with E-state index in [9.17, 15) is 0 Å². The molecule has 0 bridgehead atoms. The Labute approximate surface area is 292 Å². The molecule has 2 aliphatic rings. The minimum absolute atomic E-state index is 0.0983. The molecular weight excluding hydrogens is 611 g/mol. The predicted octanol–water partition coefficient (Wildman–Crippen LogP) is 10.3. The van der Waals surface area contributed by atoms with E-state index in [1.54, 1.807) is 0 Å². The molecule has 0 radical (unpaired) electrons. The first-order valence-electron chi connectivity index (χ1n) is 17.1. The Hall–Kier alpha value is -6.20. The first-order chi connectivity index (χ1) is 24.6. The standard InChI is InChI=1S/C45H37N5/c1-4-31-18-23-41(50-43(31)42(48-37-13-9-24-46-28-37)26-29(2)32-10-6-5-7-11-32)39-21-16-35-27-36(17-20-38(35)30(39)3)40-22-19-34-15-14-33-12-8-25-47-44(33)45(34)49-40/h4-27,30,39,46H,1,28H2,2-3H3/b29-26+,48-42+. The molecule has 0 fully saturated rings. The summed E-state index contributed by atoms with van der Waals surface area (Å²) in [7, 11) is 0. The van der Waals surface area contributed by atoms with Crippen LogP contribution in [-0.4, -0.2) is 27.2 Å². The number of fused-ring (bicyclic) bond motifs is 4. The van der Waals surface area contributed by atoms with Gasteiger partial charge < -0.3 is 5.32 Å². The van der Waals surface area contributed by atoms with Crippen LogP contribution in [-0.2, 0) is 0 Å². The number of aliphatic imine (C=N–C) groups is 1. The summed E-state index contributed by atoms with van der Waals surface area (Å²) in [6.45, 7) is 9.21. The zero-order valence-electron chi connectivity index (χ0n) is 28.2. The number of hydrogen-bond acceptors (Lipinski definition) is 5. The number of nitrogens with one attached hydrogen (secondary N) is 1. The molecule has 0 saturated heterocycles. The molecule has 2 atom stereocenters. The van der Waals surface area contributed by atoms with E-state index in [2.05, 4.69) is 134 Å². The van der Waals surface area contributed by atoms with Gasteiger partial charge in [-0.25, -0.2) is 15.0 Å². The number of pyridine rings is 3. The molecule has 5 heteroatoms. The third kappa shape index (κ3) is 5.99. The monoisotopic (exact) mass is 647 g/mol. The fraction of sp³-hybridized carbons (Fsp3) is 0.111. The number of nitrogens with zero attached hydrogens (tertiary/aromatic N) is 4. The molecule has 2 unspecified atom stereocenters. The maximum absolute atomic E-state index is 5.34. The summed E-state index contributed by atoms with van der Waals surface area (Å²) in [4.78, 5) is 20.2. The van der Waals surface area contributed by atoms with Gasteiger partial charge in [-0.2, -0.15) is 0 Å². The molecule has 0 amide bonds. The first kappa shape index (κ1) is 31.1. The lowest BCUT2D eigenvalue weighted by molar-refractivity contribution is 0.652. The van der Waals surface area contributed by atoms with Crippen molar-refractivity contribution in [2.24, 2.45) is 4.99 Å². The van der Waals surface area contributed by atoms with Crippen LogP contribution in [0.15, 0.2) is 151 Å². The quantitative estimate of drug-likeness (QED) is 0.138. The van der Waals surface area contributed by atoms with Crippen LogP contribution in [0.25, 0.3) is 50.8 Å². The van der Waals surface area contributed by atoms with Crippen molar-refractivity contribution in [3.05, 3.63) is 180 Å². The molecule has 8 rings (SSSR count). The summed E-state index contributed by atoms with van der Waals surface area (Å²) in [6, 6.07) is 33.9. The normalized spacial score (nSPS) is 17.4. The van der Waals surface area contributed by atoms with E-state index in [4.69, 9.17) is 15.0 Å². The number of allylic oxidation sites excluding steroid dienone is 5. The second kappa shape index (κ2) is 13.4. The maximum atomic E-state index is 5.34. The van der Waals surface area contributed by atoms with Crippen molar-refractivity contribution in [1.29, 1.82) is 0 Å². The zero-order chi connectivity index (χ0) is 34.0. The topological polar surface area (TPSA) is 63.1 Å². The third-order valence-electron chi connectivity index (χ3n) is 9.71. The molecule has 242 valence electrons. The van der Waals surface area contributed by atoms with Crippen LogP contribution < -0.4 is 5.32 Å². The van der Waals surface area contributed by atoms with E-state index in [1.165, 1.54) is 11.1 Å². The molecule has 1 aliphatic heterocycles. The number of hydrogen-bond donors (Lipinski definition) is 1. The van der Waals surface area contributed by atoms with E-state index >= 15 is 0 Å². The zero-order valence-corrected chi connectivity index (χ0v) is 28.2. The number of rotatable bonds is 7. The van der Waals surface area contributed by atoms with Gasteiger partial charge in [-0.05, 0) is 83.8 Å². The summed E-state index contributed by atoms with van der Waals surface area (Å²) < 4.78 is 0. The fourth-order valence-electron chi connectivity index (χ4n) is 6.96. The van der Waals surface area contributed by atoms with Crippen molar-refractivity contribution in [2.75, 3.05) is 6.54 Å². The van der Waals surface area contributed by atoms with Crippen molar-refractivity contribution in [2.45, 2.75) is 25.7 Å². The molecule has 4 heterocycles. The van der Waals surface area contributed by atoms with Crippen LogP contribution in [0.4, 0.5) is 0 Å². The van der Waals surface area contributed by atoms with Crippen LogP contribution in [0.1, 0.15) is 59.3 Å². The van der Waals surface area contributed by atoms with Gasteiger partial charge in [0, 0.05) is 39.7 Å². The second-order valence-electron chi connectivity index (χ2n) is 12.9. The van der Waals surface area contributed by atoms with Crippen LogP contribution >= 0.6 is 0 Å². The van der Waals surface area contributed by atoms with Gasteiger partial charge in [0.05, 0.1) is 40.4 Å². The molecule has 1 N–H and O–H groups in total. The van der Waals surface area contributed by atoms with Crippen LogP contribution in [0.2, 0.25) is 0 Å². The van der Waals surface area contributed by atoms with E-state index in [-0.39, 0.29) is 11.8 Å². The van der Waals surface area contributed by atoms with Crippen molar-refractivity contribution in [3.63, 3.8) is 0 Å². The summed E-state index contributed by atoms with van der Waals surface area (Å²) in [5, 5.41) is 5.46. The Kier molecular flexibility index (Phi) is 8.31. The smallest absolute Gasteiger partial charge is 0.0972 e. The van der Waals surface area contributed by atoms with E-state index in [1.807, 2.05) is 42.8 Å². The van der Waals surface area contributed by atoms with Crippen LogP contribution in [0.5, 0.6) is 0 Å². The first-order valence-corrected chi connectivity index (χ1v) is 17.1. The van der Waals surface area contributed by atoms with E-state index in [0.717, 1.165) is 72.6 Å². The fourth-order valence-corrected chi connectivity index (χ4v) is 6.96. The number of dihydropyridines is 1. The highest BCUT2D eigenvalue weighted by Gasteiger charge is 2.26. The molecule has 50 heavy (non-hydrogen) atoms. The Bertz CT molecular complexity index is 2430. The van der Waals surface area contributed by atoms with Crippen LogP contribution in [0, 0.1) is 0 Å². The highest BCUT2D eigenvalue weighted by atomic mass is 14.9. The summed E-state index contributed by atoms with van der Waals surface area (Å²) in [6.07, 6.45) is 16.3. The Morgan fingerprint density at radius 1 is 0.900 bits per heavy atom. The predicted molar refractivity (Wildman–Crippen MR) is 209 cm³/mol. The van der Waals surface area contributed by atoms with Gasteiger partial charge >= 0.3 is 0 Å². The van der Waals surface area contributed by atoms with Crippen molar-refractivity contribution in [1.82, 2.24) is 20.3 Å². The molecular formula is C45H37N5. The van der Waals surface area contributed by atoms with Gasteiger partial charge in [0.1, 0.15) is 0 Å². The largest absolute Gasteiger partial charge is 0.385 e. The maximum Gasteiger partial charge on any atom is 0.0972 e. The van der Waals surface area contributed by atoms with E-state index in [0.29, 0.717) is 6.54 Å². The van der Waals surface area contributed by atoms with Crippen molar-refractivity contribution < 1.29 is 0 Å². The second-order valence-corrected chi connectivity index (χ2v) is 12.9. The average Bonchev–Trinajstić information content (AvgIpc) is 3.18. The summed E-state index contributed by atoms with van der Waals surface area (Å²) in [5.41, 5.74) is 13.2. The minimum atomic E-state index is 0.0983. The highest BCUT2D eigenvalue weighted by molar-refractivity contribution is 6.13. The van der Waals surface area contributed by atoms with Crippen LogP contribution in [0.3, 0.4) is 0 Å². The third-order valence-corrected chi connectivity index (χ3v) is 9.71. The lowest BCUT2D eigenvalue weighted by Crippen LogP contribution is -2.16. The lowest BCUT2D eigenvalue weighted by Gasteiger charge is -2.27. The van der Waals surface area contributed by atoms with Crippen molar-refractivity contribution >= 4 is 45.2 Å². The average molecular weight is 648 g/mol. The lowest BCUT2D eigenvalue weighted by atomic mass is 9.78. The van der Waals surface area contributed by atoms with E-state index < -0.39 is 0 Å². The highest BCUT2D eigenvalue weighted by Crippen LogP contribution is 2.41. The van der Waals surface area contributed by atoms with Gasteiger partial charge in [0.25, 0.3) is 0 Å². The summed E-state index contributed by atoms with van der Waals surface area (Å²) in [5.74, 6) is 0.315. The summed E-state index contributed by atoms with van der Waals surface area (Å²) >= 11 is 0. The number of benzene rings is 3. The SMILES string of the molecule is C=Cc1ccc(C2C=Cc3cc(-c4ccc5ccc6cccnc6c5n4)ccc3C2C)nc1C(/C=C(\C)c1ccccc1)=N/C1=CC=CNC1. The van der Waals surface area contributed by atoms with Gasteiger partial charge in [-0.15, -0.1) is 0 Å². The Balaban J connectivity index is 1.15. The Morgan fingerprint density at radius 3 is 2.56 bits per heavy atom. The van der Waals surface area contributed by atoms with Gasteiger partial charge in [-0.3, -0.25) is 4.98 Å². The minimum Gasteiger partial charge on any atom is -0.385 e. The molecule has 0 spiro atoms. The van der Waals surface area contributed by atoms with Crippen molar-refractivity contribution in [3.8, 4) is 11.3 Å².